The second-order valence-electron chi connectivity index (χ2n) is 12.2. The lowest BCUT2D eigenvalue weighted by Gasteiger charge is -2.28. The second kappa shape index (κ2) is 9.81. The quantitative estimate of drug-likeness (QED) is 0.122. The van der Waals surface area contributed by atoms with E-state index in [1.165, 1.54) is 5.56 Å². The molecule has 7 aromatic carbocycles. The molecule has 2 aliphatic rings. The molecule has 0 aliphatic carbocycles. The molecule has 2 aliphatic heterocycles. The largest absolute Gasteiger partial charge is 0.288 e. The van der Waals surface area contributed by atoms with Crippen LogP contribution in [0.2, 0.25) is 0 Å². The van der Waals surface area contributed by atoms with Gasteiger partial charge in [0.25, 0.3) is 23.6 Å². The maximum absolute atomic E-state index is 13.9. The molecule has 0 unspecified atom stereocenters. The van der Waals surface area contributed by atoms with Crippen molar-refractivity contribution in [3.8, 4) is 0 Å². The van der Waals surface area contributed by atoms with Crippen LogP contribution < -0.4 is 10.6 Å². The fourth-order valence-corrected chi connectivity index (χ4v) is 7.84. The number of aryl methyl sites for hydroxylation is 3. The summed E-state index contributed by atoms with van der Waals surface area (Å²) < 4.78 is 0. The highest BCUT2D eigenvalue weighted by Gasteiger charge is 2.34. The Morgan fingerprint density at radius 1 is 0.370 bits per heavy atom. The van der Waals surface area contributed by atoms with Gasteiger partial charge < -0.3 is 0 Å². The van der Waals surface area contributed by atoms with E-state index < -0.39 is 17.7 Å². The second-order valence-corrected chi connectivity index (χ2v) is 12.2. The molecule has 7 aromatic rings. The number of imide groups is 2. The van der Waals surface area contributed by atoms with Crippen molar-refractivity contribution >= 4 is 66.7 Å². The van der Waals surface area contributed by atoms with Crippen molar-refractivity contribution in [3.63, 3.8) is 0 Å². The molecular formula is C40H26N2O4. The third kappa shape index (κ3) is 3.70. The van der Waals surface area contributed by atoms with Gasteiger partial charge in [-0.15, -0.1) is 0 Å². The van der Waals surface area contributed by atoms with Crippen molar-refractivity contribution in [3.05, 3.63) is 142 Å². The standard InChI is InChI=1S/C40H26N2O4/c43-37-28-18-15-24-25-16-19-30-35-34(25)32(27-17-20-29(38(44)41-37)33(28)31(24)27)23(13-11-21-7-3-1-4-8-21)26(36(35)40(46)42-39(30)45)14-12-22-9-5-2-6-10-22/h1-10,15-20H,11-14H2,(H,41,43,44)(H,42,45,46). The predicted molar refractivity (Wildman–Crippen MR) is 179 cm³/mol. The molecule has 9 rings (SSSR count). The molecule has 46 heavy (non-hydrogen) atoms. The lowest BCUT2D eigenvalue weighted by molar-refractivity contribution is 0.0828. The van der Waals surface area contributed by atoms with Gasteiger partial charge in [-0.25, -0.2) is 0 Å². The first kappa shape index (κ1) is 26.5. The summed E-state index contributed by atoms with van der Waals surface area (Å²) in [5, 5.41) is 11.8. The molecule has 6 heteroatoms. The first-order chi connectivity index (χ1) is 22.5. The zero-order chi connectivity index (χ0) is 31.1. The zero-order valence-corrected chi connectivity index (χ0v) is 24.7. The smallest absolute Gasteiger partial charge is 0.259 e. The van der Waals surface area contributed by atoms with Crippen LogP contribution >= 0.6 is 0 Å². The number of amides is 4. The van der Waals surface area contributed by atoms with Gasteiger partial charge >= 0.3 is 0 Å². The lowest BCUT2D eigenvalue weighted by atomic mass is 9.77. The molecule has 0 saturated carbocycles. The minimum atomic E-state index is -0.410. The number of carbonyl (C=O) groups is 4. The maximum Gasteiger partial charge on any atom is 0.259 e. The third-order valence-corrected chi connectivity index (χ3v) is 9.82. The summed E-state index contributed by atoms with van der Waals surface area (Å²) in [4.78, 5) is 53.3. The van der Waals surface area contributed by atoms with Crippen molar-refractivity contribution in [2.24, 2.45) is 0 Å². The van der Waals surface area contributed by atoms with Gasteiger partial charge in [0.2, 0.25) is 0 Å². The van der Waals surface area contributed by atoms with Crippen LogP contribution in [0.3, 0.4) is 0 Å². The molecule has 2 N–H and O–H groups in total. The Kier molecular flexibility index (Phi) is 5.66. The average Bonchev–Trinajstić information content (AvgIpc) is 3.08. The number of hydrogen-bond donors (Lipinski definition) is 2. The highest BCUT2D eigenvalue weighted by Crippen LogP contribution is 2.48. The Morgan fingerprint density at radius 2 is 0.848 bits per heavy atom. The van der Waals surface area contributed by atoms with Crippen LogP contribution in [0.4, 0.5) is 0 Å². The molecule has 0 saturated heterocycles. The highest BCUT2D eigenvalue weighted by atomic mass is 16.2. The number of rotatable bonds is 6. The van der Waals surface area contributed by atoms with Gasteiger partial charge in [-0.3, -0.25) is 29.8 Å². The fraction of sp³-hybridized carbons (Fsp3) is 0.100. The summed E-state index contributed by atoms with van der Waals surface area (Å²) in [6, 6.07) is 31.7. The molecule has 0 fully saturated rings. The Labute approximate surface area is 263 Å². The molecule has 0 aromatic heterocycles. The normalized spacial score (nSPS) is 14.1. The Hall–Kier alpha value is -5.88. The topological polar surface area (TPSA) is 92.3 Å². The summed E-state index contributed by atoms with van der Waals surface area (Å²) >= 11 is 0. The third-order valence-electron chi connectivity index (χ3n) is 9.82. The minimum absolute atomic E-state index is 0.372. The molecule has 0 radical (unpaired) electrons. The Morgan fingerprint density at radius 3 is 1.43 bits per heavy atom. The van der Waals surface area contributed by atoms with E-state index in [1.807, 2.05) is 54.6 Å². The molecule has 220 valence electrons. The van der Waals surface area contributed by atoms with Crippen LogP contribution in [0.5, 0.6) is 0 Å². The maximum atomic E-state index is 13.9. The van der Waals surface area contributed by atoms with Gasteiger partial charge in [-0.05, 0) is 98.5 Å². The highest BCUT2D eigenvalue weighted by molar-refractivity contribution is 6.42. The van der Waals surface area contributed by atoms with Crippen LogP contribution in [0.15, 0.2) is 97.1 Å². The van der Waals surface area contributed by atoms with E-state index in [0.717, 1.165) is 61.8 Å². The van der Waals surface area contributed by atoms with Crippen molar-refractivity contribution in [2.75, 3.05) is 0 Å². The summed E-state index contributed by atoms with van der Waals surface area (Å²) in [6.07, 6.45) is 2.74. The summed E-state index contributed by atoms with van der Waals surface area (Å²) in [5.41, 5.74) is 6.31. The van der Waals surface area contributed by atoms with Gasteiger partial charge in [0.15, 0.2) is 0 Å². The van der Waals surface area contributed by atoms with Crippen LogP contribution in [0, 0.1) is 0 Å². The van der Waals surface area contributed by atoms with Crippen LogP contribution in [-0.4, -0.2) is 23.6 Å². The van der Waals surface area contributed by atoms with Gasteiger partial charge in [0.05, 0.1) is 5.56 Å². The first-order valence-electron chi connectivity index (χ1n) is 15.5. The summed E-state index contributed by atoms with van der Waals surface area (Å²) in [6.45, 7) is 0. The molecule has 0 atom stereocenters. The van der Waals surface area contributed by atoms with Crippen LogP contribution in [-0.2, 0) is 25.7 Å². The van der Waals surface area contributed by atoms with E-state index >= 15 is 0 Å². The van der Waals surface area contributed by atoms with Crippen molar-refractivity contribution in [2.45, 2.75) is 25.7 Å². The Balaban J connectivity index is 1.45. The average molecular weight is 599 g/mol. The van der Waals surface area contributed by atoms with Crippen molar-refractivity contribution < 1.29 is 19.2 Å². The van der Waals surface area contributed by atoms with Crippen molar-refractivity contribution in [1.29, 1.82) is 0 Å². The number of fused-ring (bicyclic) bond motifs is 2. The van der Waals surface area contributed by atoms with Gasteiger partial charge in [0.1, 0.15) is 0 Å². The fourth-order valence-electron chi connectivity index (χ4n) is 7.84. The first-order valence-corrected chi connectivity index (χ1v) is 15.5. The molecule has 0 spiro atoms. The number of carbonyl (C=O) groups excluding carboxylic acids is 4. The van der Waals surface area contributed by atoms with E-state index in [9.17, 15) is 19.2 Å². The van der Waals surface area contributed by atoms with E-state index in [2.05, 4.69) is 34.9 Å². The van der Waals surface area contributed by atoms with Gasteiger partial charge in [-0.2, -0.15) is 0 Å². The predicted octanol–water partition coefficient (Wildman–Crippen LogP) is 7.07. The Bertz CT molecular complexity index is 2460. The van der Waals surface area contributed by atoms with Crippen LogP contribution in [0.1, 0.15) is 63.7 Å². The summed E-state index contributed by atoms with van der Waals surface area (Å²) in [7, 11) is 0. The van der Waals surface area contributed by atoms with E-state index in [-0.39, 0.29) is 5.91 Å². The molecule has 0 bridgehead atoms. The summed E-state index contributed by atoms with van der Waals surface area (Å²) in [5.74, 6) is -1.59. The SMILES string of the molecule is O=C1NC(=O)c2ccc3c4c(CCc5ccccc5)c(CCc5ccccc5)c5c6c(ccc(c7ccc1c2c73)c64)C(=O)NC5=O. The van der Waals surface area contributed by atoms with Crippen molar-refractivity contribution in [1.82, 2.24) is 10.6 Å². The van der Waals surface area contributed by atoms with Crippen LogP contribution in [0.25, 0.3) is 43.1 Å². The van der Waals surface area contributed by atoms with E-state index in [1.54, 1.807) is 18.2 Å². The molecule has 2 heterocycles. The minimum Gasteiger partial charge on any atom is -0.288 e. The monoisotopic (exact) mass is 598 g/mol. The molecule has 6 nitrogen and oxygen atoms in total. The number of hydrogen-bond acceptors (Lipinski definition) is 4. The molecular weight excluding hydrogens is 572 g/mol. The van der Waals surface area contributed by atoms with Gasteiger partial charge in [-0.1, -0.05) is 78.9 Å². The zero-order valence-electron chi connectivity index (χ0n) is 24.7. The van der Waals surface area contributed by atoms with E-state index in [4.69, 9.17) is 0 Å². The number of nitrogens with one attached hydrogen (secondary N) is 2. The number of benzene rings is 7. The molecule has 4 amide bonds. The lowest BCUT2D eigenvalue weighted by Crippen LogP contribution is -2.36. The van der Waals surface area contributed by atoms with E-state index in [0.29, 0.717) is 45.9 Å². The van der Waals surface area contributed by atoms with Gasteiger partial charge in [0, 0.05) is 27.5 Å².